The standard InChI is InChI=1S/C13H16N6O/c20-13(12-3-1-2-8-14-12)16-10-4-6-11(7-5-10)19-9-15-17-18-19/h4-7,9,12,14H,1-3,8H2,(H,16,20)/t12-/m1/s1. The van der Waals surface area contributed by atoms with Crippen LogP contribution in [0.3, 0.4) is 0 Å². The van der Waals surface area contributed by atoms with Crippen LogP contribution in [0.4, 0.5) is 5.69 Å². The zero-order chi connectivity index (χ0) is 13.8. The third kappa shape index (κ3) is 2.83. The number of amides is 1. The van der Waals surface area contributed by atoms with Crippen molar-refractivity contribution in [3.05, 3.63) is 30.6 Å². The summed E-state index contributed by atoms with van der Waals surface area (Å²) in [6.45, 7) is 0.913. The van der Waals surface area contributed by atoms with Gasteiger partial charge in [-0.15, -0.1) is 5.10 Å². The SMILES string of the molecule is O=C(Nc1ccc(-n2cnnn2)cc1)[C@H]1CCCCN1. The van der Waals surface area contributed by atoms with Gasteiger partial charge in [-0.25, -0.2) is 4.68 Å². The molecule has 2 aromatic rings. The van der Waals surface area contributed by atoms with Crippen molar-refractivity contribution in [2.24, 2.45) is 0 Å². The van der Waals surface area contributed by atoms with Crippen LogP contribution in [0.2, 0.25) is 0 Å². The van der Waals surface area contributed by atoms with E-state index in [0.29, 0.717) is 0 Å². The summed E-state index contributed by atoms with van der Waals surface area (Å²) in [4.78, 5) is 12.1. The van der Waals surface area contributed by atoms with Crippen LogP contribution in [0, 0.1) is 0 Å². The molecule has 0 unspecified atom stereocenters. The van der Waals surface area contributed by atoms with Crippen LogP contribution in [0.25, 0.3) is 5.69 Å². The average molecular weight is 272 g/mol. The van der Waals surface area contributed by atoms with E-state index in [1.165, 1.54) is 6.33 Å². The van der Waals surface area contributed by atoms with Gasteiger partial charge in [-0.2, -0.15) is 0 Å². The highest BCUT2D eigenvalue weighted by Gasteiger charge is 2.20. The Hall–Kier alpha value is -2.28. The van der Waals surface area contributed by atoms with Gasteiger partial charge in [0.15, 0.2) is 0 Å². The number of aromatic nitrogens is 4. The molecule has 20 heavy (non-hydrogen) atoms. The van der Waals surface area contributed by atoms with Crippen LogP contribution >= 0.6 is 0 Å². The Balaban J connectivity index is 1.64. The second-order valence-electron chi connectivity index (χ2n) is 4.79. The normalized spacial score (nSPS) is 18.7. The highest BCUT2D eigenvalue weighted by atomic mass is 16.2. The third-order valence-electron chi connectivity index (χ3n) is 3.38. The summed E-state index contributed by atoms with van der Waals surface area (Å²) in [5, 5.41) is 17.1. The number of rotatable bonds is 3. The van der Waals surface area contributed by atoms with Crippen molar-refractivity contribution in [3.63, 3.8) is 0 Å². The first kappa shape index (κ1) is 12.7. The molecule has 2 N–H and O–H groups in total. The van der Waals surface area contributed by atoms with E-state index in [1.54, 1.807) is 4.68 Å². The summed E-state index contributed by atoms with van der Waals surface area (Å²) in [5.74, 6) is 0.0277. The maximum absolute atomic E-state index is 12.1. The highest BCUT2D eigenvalue weighted by Crippen LogP contribution is 2.14. The number of hydrogen-bond donors (Lipinski definition) is 2. The molecule has 1 amide bonds. The first-order valence-electron chi connectivity index (χ1n) is 6.70. The maximum Gasteiger partial charge on any atom is 0.241 e. The molecule has 0 radical (unpaired) electrons. The van der Waals surface area contributed by atoms with E-state index >= 15 is 0 Å². The number of carbonyl (C=O) groups is 1. The Morgan fingerprint density at radius 3 is 2.80 bits per heavy atom. The first-order chi connectivity index (χ1) is 9.83. The molecule has 0 bridgehead atoms. The molecule has 1 aliphatic rings. The molecular weight excluding hydrogens is 256 g/mol. The van der Waals surface area contributed by atoms with Crippen molar-refractivity contribution < 1.29 is 4.79 Å². The summed E-state index contributed by atoms with van der Waals surface area (Å²) in [7, 11) is 0. The molecule has 1 aliphatic heterocycles. The van der Waals surface area contributed by atoms with E-state index in [4.69, 9.17) is 0 Å². The van der Waals surface area contributed by atoms with Crippen molar-refractivity contribution in [2.75, 3.05) is 11.9 Å². The summed E-state index contributed by atoms with van der Waals surface area (Å²) in [6.07, 6.45) is 4.67. The minimum absolute atomic E-state index is 0.0277. The Morgan fingerprint density at radius 2 is 2.15 bits per heavy atom. The number of benzene rings is 1. The second-order valence-corrected chi connectivity index (χ2v) is 4.79. The summed E-state index contributed by atoms with van der Waals surface area (Å²) >= 11 is 0. The van der Waals surface area contributed by atoms with E-state index in [9.17, 15) is 4.79 Å². The highest BCUT2D eigenvalue weighted by molar-refractivity contribution is 5.94. The quantitative estimate of drug-likeness (QED) is 0.861. The predicted molar refractivity (Wildman–Crippen MR) is 73.4 cm³/mol. The van der Waals surface area contributed by atoms with Gasteiger partial charge in [0.2, 0.25) is 5.91 Å². The fourth-order valence-corrected chi connectivity index (χ4v) is 2.28. The van der Waals surface area contributed by atoms with Crippen molar-refractivity contribution in [1.82, 2.24) is 25.5 Å². The second kappa shape index (κ2) is 5.79. The van der Waals surface area contributed by atoms with E-state index < -0.39 is 0 Å². The number of carbonyl (C=O) groups excluding carboxylic acids is 1. The molecule has 7 nitrogen and oxygen atoms in total. The lowest BCUT2D eigenvalue weighted by Gasteiger charge is -2.22. The smallest absolute Gasteiger partial charge is 0.241 e. The van der Waals surface area contributed by atoms with Gasteiger partial charge < -0.3 is 10.6 Å². The lowest BCUT2D eigenvalue weighted by Crippen LogP contribution is -2.43. The molecule has 0 saturated carbocycles. The topological polar surface area (TPSA) is 84.7 Å². The van der Waals surface area contributed by atoms with Crippen LogP contribution in [0.1, 0.15) is 19.3 Å². The van der Waals surface area contributed by atoms with Gasteiger partial charge >= 0.3 is 0 Å². The Morgan fingerprint density at radius 1 is 1.30 bits per heavy atom. The molecule has 1 aromatic carbocycles. The molecule has 1 fully saturated rings. The minimum Gasteiger partial charge on any atom is -0.325 e. The summed E-state index contributed by atoms with van der Waals surface area (Å²) < 4.78 is 1.56. The van der Waals surface area contributed by atoms with Crippen molar-refractivity contribution >= 4 is 11.6 Å². The van der Waals surface area contributed by atoms with Gasteiger partial charge in [0, 0.05) is 5.69 Å². The maximum atomic E-state index is 12.1. The largest absolute Gasteiger partial charge is 0.325 e. The van der Waals surface area contributed by atoms with Gasteiger partial charge in [-0.1, -0.05) is 6.42 Å². The lowest BCUT2D eigenvalue weighted by atomic mass is 10.0. The summed E-state index contributed by atoms with van der Waals surface area (Å²) in [5.41, 5.74) is 1.63. The van der Waals surface area contributed by atoms with Gasteiger partial charge in [-0.05, 0) is 54.1 Å². The van der Waals surface area contributed by atoms with Gasteiger partial charge in [0.05, 0.1) is 11.7 Å². The van der Waals surface area contributed by atoms with Crippen molar-refractivity contribution in [1.29, 1.82) is 0 Å². The fourth-order valence-electron chi connectivity index (χ4n) is 2.28. The van der Waals surface area contributed by atoms with Crippen molar-refractivity contribution in [2.45, 2.75) is 25.3 Å². The molecule has 1 atom stereocenters. The molecule has 2 heterocycles. The Labute approximate surface area is 116 Å². The van der Waals surface area contributed by atoms with Crippen LogP contribution in [0.15, 0.2) is 30.6 Å². The van der Waals surface area contributed by atoms with E-state index in [0.717, 1.165) is 37.2 Å². The minimum atomic E-state index is -0.0806. The molecule has 0 aliphatic carbocycles. The number of nitrogens with one attached hydrogen (secondary N) is 2. The van der Waals surface area contributed by atoms with E-state index in [1.807, 2.05) is 24.3 Å². The molecule has 0 spiro atoms. The fraction of sp³-hybridized carbons (Fsp3) is 0.385. The Bertz CT molecular complexity index is 559. The third-order valence-corrected chi connectivity index (χ3v) is 3.38. The zero-order valence-corrected chi connectivity index (χ0v) is 11.0. The molecule has 1 aromatic heterocycles. The molecular formula is C13H16N6O. The zero-order valence-electron chi connectivity index (χ0n) is 11.0. The van der Waals surface area contributed by atoms with Crippen LogP contribution in [-0.2, 0) is 4.79 Å². The number of anilines is 1. The van der Waals surface area contributed by atoms with Gasteiger partial charge in [-0.3, -0.25) is 4.79 Å². The van der Waals surface area contributed by atoms with Gasteiger partial charge in [0.25, 0.3) is 0 Å². The number of nitrogens with zero attached hydrogens (tertiary/aromatic N) is 4. The van der Waals surface area contributed by atoms with Crippen LogP contribution < -0.4 is 10.6 Å². The lowest BCUT2D eigenvalue weighted by molar-refractivity contribution is -0.118. The monoisotopic (exact) mass is 272 g/mol. The molecule has 3 rings (SSSR count). The van der Waals surface area contributed by atoms with E-state index in [2.05, 4.69) is 26.2 Å². The van der Waals surface area contributed by atoms with Gasteiger partial charge in [0.1, 0.15) is 6.33 Å². The van der Waals surface area contributed by atoms with E-state index in [-0.39, 0.29) is 11.9 Å². The molecule has 7 heteroatoms. The summed E-state index contributed by atoms with van der Waals surface area (Å²) in [6, 6.07) is 7.33. The first-order valence-corrected chi connectivity index (χ1v) is 6.70. The van der Waals surface area contributed by atoms with Crippen LogP contribution in [0.5, 0.6) is 0 Å². The number of tetrazole rings is 1. The molecule has 1 saturated heterocycles. The van der Waals surface area contributed by atoms with Crippen LogP contribution in [-0.4, -0.2) is 38.7 Å². The van der Waals surface area contributed by atoms with Crippen molar-refractivity contribution in [3.8, 4) is 5.69 Å². The Kier molecular flexibility index (Phi) is 3.69. The number of piperidine rings is 1. The molecule has 104 valence electrons. The average Bonchev–Trinajstić information content (AvgIpc) is 3.03. The predicted octanol–water partition coefficient (Wildman–Crippen LogP) is 0.743. The number of hydrogen-bond acceptors (Lipinski definition) is 5.